The van der Waals surface area contributed by atoms with Crippen molar-refractivity contribution in [2.24, 2.45) is 0 Å². The fraction of sp³-hybridized carbons (Fsp3) is 0.700. The zero-order valence-electron chi connectivity index (χ0n) is 58.8. The third-order valence-electron chi connectivity index (χ3n) is 15.7. The zero-order chi connectivity index (χ0) is 65.5. The van der Waals surface area contributed by atoms with Gasteiger partial charge >= 0.3 is 11.9 Å². The van der Waals surface area contributed by atoms with Crippen molar-refractivity contribution in [1.29, 1.82) is 0 Å². The molecule has 0 aliphatic rings. The van der Waals surface area contributed by atoms with Crippen LogP contribution in [0.5, 0.6) is 0 Å². The highest BCUT2D eigenvalue weighted by Crippen LogP contribution is 2.38. The molecule has 0 aromatic heterocycles. The summed E-state index contributed by atoms with van der Waals surface area (Å²) in [6, 6.07) is 0. The Morgan fingerprint density at radius 3 is 0.889 bits per heavy atom. The molecule has 0 aliphatic heterocycles. The molecular formula is C80H138NO8P. The van der Waals surface area contributed by atoms with E-state index in [9.17, 15) is 19.0 Å². The summed E-state index contributed by atoms with van der Waals surface area (Å²) in [5.41, 5.74) is 0. The minimum Gasteiger partial charge on any atom is -0.756 e. The highest BCUT2D eigenvalue weighted by Gasteiger charge is 2.22. The van der Waals surface area contributed by atoms with Crippen molar-refractivity contribution < 1.29 is 42.1 Å². The van der Waals surface area contributed by atoms with Gasteiger partial charge in [0.15, 0.2) is 6.10 Å². The van der Waals surface area contributed by atoms with Crippen LogP contribution in [0.2, 0.25) is 0 Å². The van der Waals surface area contributed by atoms with Crippen LogP contribution < -0.4 is 4.89 Å². The normalized spacial score (nSPS) is 13.9. The van der Waals surface area contributed by atoms with Crippen LogP contribution in [0.1, 0.15) is 309 Å². The van der Waals surface area contributed by atoms with Gasteiger partial charge in [-0.3, -0.25) is 14.2 Å². The Balaban J connectivity index is 4.01. The molecule has 0 radical (unpaired) electrons. The molecule has 0 aliphatic carbocycles. The number of quaternary nitrogens is 1. The van der Waals surface area contributed by atoms with Crippen LogP contribution in [0.3, 0.4) is 0 Å². The molecule has 0 spiro atoms. The number of ether oxygens (including phenoxy) is 2. The monoisotopic (exact) mass is 1270 g/mol. The summed E-state index contributed by atoms with van der Waals surface area (Å²) in [6.07, 6.45) is 101. The molecule has 0 rings (SSSR count). The van der Waals surface area contributed by atoms with Gasteiger partial charge in [-0.25, -0.2) is 0 Å². The second kappa shape index (κ2) is 69.5. The SMILES string of the molecule is CC/C=C\C/C=C\C/C=C\C/C=C\C/C=C\C/C=C\CCCCCCCCCCCCCCCCCCCCC(=O)OC(COC(=O)CCCCCCCCCCCCCCC/C=C\C/C=C\C/C=C\C/C=C\C/C=C\CC)COP(=O)([O-])OCC[N+](C)(C)C. The van der Waals surface area contributed by atoms with Gasteiger partial charge in [-0.05, 0) is 109 Å². The van der Waals surface area contributed by atoms with E-state index in [-0.39, 0.29) is 32.0 Å². The Labute approximate surface area is 555 Å². The molecule has 0 heterocycles. The molecule has 0 amide bonds. The Morgan fingerprint density at radius 2 is 0.600 bits per heavy atom. The van der Waals surface area contributed by atoms with E-state index in [1.54, 1.807) is 0 Å². The first-order chi connectivity index (χ1) is 44.0. The molecule has 0 saturated carbocycles. The van der Waals surface area contributed by atoms with Crippen molar-refractivity contribution >= 4 is 19.8 Å². The number of likely N-dealkylation sites (N-methyl/N-ethyl adjacent to an activating group) is 1. The Morgan fingerprint density at radius 1 is 0.344 bits per heavy atom. The summed E-state index contributed by atoms with van der Waals surface area (Å²) in [4.78, 5) is 38.1. The van der Waals surface area contributed by atoms with Crippen molar-refractivity contribution in [1.82, 2.24) is 0 Å². The molecular weight excluding hydrogens is 1130 g/mol. The number of esters is 2. The summed E-state index contributed by atoms with van der Waals surface area (Å²) < 4.78 is 34.4. The molecule has 9 nitrogen and oxygen atoms in total. The maximum atomic E-state index is 12.9. The van der Waals surface area contributed by atoms with Crippen molar-refractivity contribution in [3.63, 3.8) is 0 Å². The summed E-state index contributed by atoms with van der Waals surface area (Å²) in [5.74, 6) is -0.829. The van der Waals surface area contributed by atoms with Gasteiger partial charge < -0.3 is 27.9 Å². The van der Waals surface area contributed by atoms with Crippen molar-refractivity contribution in [2.75, 3.05) is 47.5 Å². The second-order valence-corrected chi connectivity index (χ2v) is 27.0. The Kier molecular flexibility index (Phi) is 66.5. The number of carbonyl (C=O) groups is 2. The molecule has 0 bridgehead atoms. The van der Waals surface area contributed by atoms with Gasteiger partial charge in [0, 0.05) is 12.8 Å². The van der Waals surface area contributed by atoms with Gasteiger partial charge in [0.2, 0.25) is 0 Å². The number of rotatable bonds is 67. The fourth-order valence-corrected chi connectivity index (χ4v) is 10.8. The molecule has 0 aromatic carbocycles. The molecule has 0 aromatic rings. The minimum absolute atomic E-state index is 0.0346. The third kappa shape index (κ3) is 73.2. The molecule has 2 atom stereocenters. The highest BCUT2D eigenvalue weighted by molar-refractivity contribution is 7.45. The number of nitrogens with zero attached hydrogens (tertiary/aromatic N) is 1. The molecule has 516 valence electrons. The number of hydrogen-bond donors (Lipinski definition) is 0. The second-order valence-electron chi connectivity index (χ2n) is 25.5. The van der Waals surface area contributed by atoms with Crippen molar-refractivity contribution in [3.05, 3.63) is 134 Å². The van der Waals surface area contributed by atoms with E-state index >= 15 is 0 Å². The van der Waals surface area contributed by atoms with E-state index in [2.05, 4.69) is 148 Å². The Bertz CT molecular complexity index is 1980. The standard InChI is InChI=1S/C80H138NO8P/c1-6-8-10-12-14-16-18-20-22-24-26-28-30-32-34-36-37-38-39-40-41-42-43-45-47-49-51-53-55-57-59-61-63-65-67-69-71-73-80(83)89-78(77-88-90(84,85)87-75-74-81(3,4)5)76-86-79(82)72-70-68-66-64-62-60-58-56-54-52-50-48-46-44-35-33-31-29-27-25-23-21-19-17-15-13-11-9-7-2/h8-11,14-17,20-23,26-29,32-35,37-38,78H,6-7,12-13,18-19,24-25,30-31,36,39-77H2,1-5H3/b10-8-,11-9-,16-14-,17-15-,22-20-,23-21-,28-26-,29-27-,34-32-,35-33-,38-37-. The minimum atomic E-state index is -4.65. The summed E-state index contributed by atoms with van der Waals surface area (Å²) in [7, 11) is 1.16. The summed E-state index contributed by atoms with van der Waals surface area (Å²) >= 11 is 0. The van der Waals surface area contributed by atoms with Gasteiger partial charge in [-0.1, -0.05) is 321 Å². The van der Waals surface area contributed by atoms with E-state index in [1.807, 2.05) is 21.1 Å². The van der Waals surface area contributed by atoms with Gasteiger partial charge in [-0.2, -0.15) is 0 Å². The fourth-order valence-electron chi connectivity index (χ4n) is 10.1. The van der Waals surface area contributed by atoms with Crippen LogP contribution in [0.25, 0.3) is 0 Å². The first kappa shape index (κ1) is 86.2. The number of hydrogen-bond acceptors (Lipinski definition) is 8. The number of phosphoric ester groups is 1. The average Bonchev–Trinajstić information content (AvgIpc) is 3.58. The van der Waals surface area contributed by atoms with Crippen molar-refractivity contribution in [2.45, 2.75) is 315 Å². The number of phosphoric acid groups is 1. The number of unbranched alkanes of at least 4 members (excludes halogenated alkanes) is 31. The van der Waals surface area contributed by atoms with E-state index < -0.39 is 26.5 Å². The van der Waals surface area contributed by atoms with Gasteiger partial charge in [0.05, 0.1) is 27.7 Å². The molecule has 0 saturated heterocycles. The van der Waals surface area contributed by atoms with E-state index in [4.69, 9.17) is 18.5 Å². The van der Waals surface area contributed by atoms with E-state index in [0.29, 0.717) is 17.4 Å². The van der Waals surface area contributed by atoms with Crippen LogP contribution >= 0.6 is 7.82 Å². The van der Waals surface area contributed by atoms with Gasteiger partial charge in [-0.15, -0.1) is 0 Å². The smallest absolute Gasteiger partial charge is 0.306 e. The van der Waals surface area contributed by atoms with Gasteiger partial charge in [0.1, 0.15) is 19.8 Å². The van der Waals surface area contributed by atoms with Crippen LogP contribution in [-0.2, 0) is 32.7 Å². The predicted molar refractivity (Wildman–Crippen MR) is 388 cm³/mol. The molecule has 2 unspecified atom stereocenters. The highest BCUT2D eigenvalue weighted by atomic mass is 31.2. The van der Waals surface area contributed by atoms with Gasteiger partial charge in [0.25, 0.3) is 7.82 Å². The molecule has 0 fully saturated rings. The van der Waals surface area contributed by atoms with Crippen LogP contribution in [0.15, 0.2) is 134 Å². The van der Waals surface area contributed by atoms with E-state index in [1.165, 1.54) is 167 Å². The molecule has 10 heteroatoms. The lowest BCUT2D eigenvalue weighted by molar-refractivity contribution is -0.870. The zero-order valence-corrected chi connectivity index (χ0v) is 59.7. The average molecular weight is 1270 g/mol. The predicted octanol–water partition coefficient (Wildman–Crippen LogP) is 23.8. The van der Waals surface area contributed by atoms with Crippen molar-refractivity contribution in [3.8, 4) is 0 Å². The third-order valence-corrected chi connectivity index (χ3v) is 16.6. The lowest BCUT2D eigenvalue weighted by Crippen LogP contribution is -2.37. The van der Waals surface area contributed by atoms with Crippen LogP contribution in [0, 0.1) is 0 Å². The first-order valence-electron chi connectivity index (χ1n) is 36.9. The van der Waals surface area contributed by atoms with Crippen LogP contribution in [0.4, 0.5) is 0 Å². The lowest BCUT2D eigenvalue weighted by Gasteiger charge is -2.28. The molecule has 0 N–H and O–H groups in total. The molecule has 90 heavy (non-hydrogen) atoms. The largest absolute Gasteiger partial charge is 0.756 e. The quantitative estimate of drug-likeness (QED) is 0.0195. The summed E-state index contributed by atoms with van der Waals surface area (Å²) in [5, 5.41) is 0. The maximum Gasteiger partial charge on any atom is 0.306 e. The van der Waals surface area contributed by atoms with Crippen LogP contribution in [-0.4, -0.2) is 70.0 Å². The summed E-state index contributed by atoms with van der Waals surface area (Å²) in [6.45, 7) is 4.03. The number of carbonyl (C=O) groups excluding carboxylic acids is 2. The topological polar surface area (TPSA) is 111 Å². The Hall–Kier alpha value is -3.85. The lowest BCUT2D eigenvalue weighted by atomic mass is 10.0. The first-order valence-corrected chi connectivity index (χ1v) is 38.4. The number of allylic oxidation sites excluding steroid dienone is 22. The maximum absolute atomic E-state index is 12.9. The van der Waals surface area contributed by atoms with E-state index in [0.717, 1.165) is 109 Å².